The van der Waals surface area contributed by atoms with Gasteiger partial charge in [0.1, 0.15) is 11.2 Å². The van der Waals surface area contributed by atoms with Crippen LogP contribution in [0.15, 0.2) is 211 Å². The molecule has 0 atom stereocenters. The van der Waals surface area contributed by atoms with Gasteiger partial charge in [0.2, 0.25) is 0 Å². The van der Waals surface area contributed by atoms with E-state index in [0.717, 1.165) is 44.7 Å². The molecule has 3 heterocycles. The van der Waals surface area contributed by atoms with Crippen molar-refractivity contribution in [1.82, 2.24) is 4.57 Å². The van der Waals surface area contributed by atoms with Crippen LogP contribution in [0.2, 0.25) is 0 Å². The largest absolute Gasteiger partial charge is 0.456 e. The Kier molecular flexibility index (Phi) is 7.18. The van der Waals surface area contributed by atoms with Crippen molar-refractivity contribution in [3.63, 3.8) is 0 Å². The molecule has 3 aromatic heterocycles. The minimum Gasteiger partial charge on any atom is -0.456 e. The third kappa shape index (κ3) is 5.01. The Morgan fingerprint density at radius 3 is 1.93 bits per heavy atom. The molecule has 0 bridgehead atoms. The predicted molar refractivity (Wildman–Crippen MR) is 256 cm³/mol. The normalized spacial score (nSPS) is 12.0. The molecular weight excluding hydrogens is 749 g/mol. The van der Waals surface area contributed by atoms with E-state index in [1.807, 2.05) is 23.5 Å². The molecule has 0 amide bonds. The average molecular weight is 783 g/mol. The summed E-state index contributed by atoms with van der Waals surface area (Å²) < 4.78 is 11.3. The van der Waals surface area contributed by atoms with Crippen LogP contribution in [0.25, 0.3) is 102 Å². The highest BCUT2D eigenvalue weighted by molar-refractivity contribution is 7.26. The predicted octanol–water partition coefficient (Wildman–Crippen LogP) is 16.5. The average Bonchev–Trinajstić information content (AvgIpc) is 3.98. The maximum Gasteiger partial charge on any atom is 0.135 e. The van der Waals surface area contributed by atoms with Gasteiger partial charge in [-0.3, -0.25) is 0 Å². The van der Waals surface area contributed by atoms with Crippen molar-refractivity contribution in [2.24, 2.45) is 0 Å². The van der Waals surface area contributed by atoms with Crippen LogP contribution < -0.4 is 4.90 Å². The lowest BCUT2D eigenvalue weighted by Gasteiger charge is -2.27. The summed E-state index contributed by atoms with van der Waals surface area (Å²) in [5.74, 6) is 0. The SMILES string of the molecule is c1ccc2cc3c(cc2c1)c1ccccc1n3-c1cc(-c2ccc(N(c3ccc4oc5ccccc5c4c3)c3cccc4ccccc34)cc2)c2sc3ccccc3c2c1. The number of nitrogens with zero attached hydrogens (tertiary/aromatic N) is 2. The Balaban J connectivity index is 1.03. The van der Waals surface area contributed by atoms with Crippen LogP contribution in [0, 0.1) is 0 Å². The van der Waals surface area contributed by atoms with E-state index in [0.29, 0.717) is 0 Å². The molecule has 13 rings (SSSR count). The Bertz CT molecular complexity index is 3840. The molecule has 0 fully saturated rings. The van der Waals surface area contributed by atoms with Gasteiger partial charge in [-0.25, -0.2) is 0 Å². The van der Waals surface area contributed by atoms with Crippen molar-refractivity contribution in [2.75, 3.05) is 4.90 Å². The number of benzene rings is 10. The first-order chi connectivity index (χ1) is 29.7. The summed E-state index contributed by atoms with van der Waals surface area (Å²) >= 11 is 1.88. The second kappa shape index (κ2) is 12.9. The lowest BCUT2D eigenvalue weighted by atomic mass is 10.00. The quantitative estimate of drug-likeness (QED) is 0.173. The third-order valence-corrected chi connectivity index (χ3v) is 13.5. The van der Waals surface area contributed by atoms with Crippen molar-refractivity contribution < 1.29 is 4.42 Å². The van der Waals surface area contributed by atoms with E-state index in [1.165, 1.54) is 74.6 Å². The maximum absolute atomic E-state index is 6.27. The van der Waals surface area contributed by atoms with Crippen molar-refractivity contribution >= 4 is 114 Å². The van der Waals surface area contributed by atoms with Crippen molar-refractivity contribution in [3.05, 3.63) is 206 Å². The number of thiophene rings is 1. The standard InChI is InChI=1S/C56H34N2OS/c1-2-14-38-31-52-47(30-37(38)13-1)43-17-5-8-20-51(43)58(52)41-33-46(56-49(34-41)45-19-7-10-23-55(45)60-56)36-24-26-39(27-25-36)57(50-21-11-15-35-12-3-4-16-42(35)50)40-28-29-54-48(32-40)44-18-6-9-22-53(44)59-54/h1-34H. The molecule has 0 radical (unpaired) electrons. The number of anilines is 3. The minimum absolute atomic E-state index is 0.886. The molecule has 60 heavy (non-hydrogen) atoms. The van der Waals surface area contributed by atoms with Gasteiger partial charge in [-0.15, -0.1) is 11.3 Å². The number of hydrogen-bond acceptors (Lipinski definition) is 3. The highest BCUT2D eigenvalue weighted by Gasteiger charge is 2.21. The fourth-order valence-electron chi connectivity index (χ4n) is 9.56. The summed E-state index contributed by atoms with van der Waals surface area (Å²) in [6.07, 6.45) is 0. The number of fused-ring (bicyclic) bond motifs is 11. The van der Waals surface area contributed by atoms with Crippen LogP contribution in [0.1, 0.15) is 0 Å². The van der Waals surface area contributed by atoms with Gasteiger partial charge in [-0.05, 0) is 101 Å². The van der Waals surface area contributed by atoms with Gasteiger partial charge < -0.3 is 13.9 Å². The molecule has 280 valence electrons. The molecular formula is C56H34N2OS. The second-order valence-electron chi connectivity index (χ2n) is 15.7. The second-order valence-corrected chi connectivity index (χ2v) is 16.7. The zero-order valence-corrected chi connectivity index (χ0v) is 33.2. The summed E-state index contributed by atoms with van der Waals surface area (Å²) in [6.45, 7) is 0. The lowest BCUT2D eigenvalue weighted by Crippen LogP contribution is -2.10. The van der Waals surface area contributed by atoms with Gasteiger partial charge in [0.15, 0.2) is 0 Å². The molecule has 10 aromatic carbocycles. The van der Waals surface area contributed by atoms with Crippen LogP contribution in [0.4, 0.5) is 17.1 Å². The molecule has 0 aliphatic rings. The van der Waals surface area contributed by atoms with Gasteiger partial charge in [0, 0.05) is 69.7 Å². The van der Waals surface area contributed by atoms with Crippen molar-refractivity contribution in [3.8, 4) is 16.8 Å². The van der Waals surface area contributed by atoms with Gasteiger partial charge in [-0.2, -0.15) is 0 Å². The van der Waals surface area contributed by atoms with Gasteiger partial charge in [0.05, 0.1) is 16.7 Å². The van der Waals surface area contributed by atoms with E-state index < -0.39 is 0 Å². The first kappa shape index (κ1) is 33.3. The van der Waals surface area contributed by atoms with Gasteiger partial charge in [0.25, 0.3) is 0 Å². The summed E-state index contributed by atoms with van der Waals surface area (Å²) in [7, 11) is 0. The molecule has 0 N–H and O–H groups in total. The number of para-hydroxylation sites is 2. The number of rotatable bonds is 5. The van der Waals surface area contributed by atoms with E-state index >= 15 is 0 Å². The van der Waals surface area contributed by atoms with E-state index in [-0.39, 0.29) is 0 Å². The third-order valence-electron chi connectivity index (χ3n) is 12.3. The molecule has 3 nitrogen and oxygen atoms in total. The molecule has 0 saturated carbocycles. The Hall–Kier alpha value is -7.66. The fourth-order valence-corrected chi connectivity index (χ4v) is 10.8. The topological polar surface area (TPSA) is 21.3 Å². The first-order valence-corrected chi connectivity index (χ1v) is 21.2. The molecule has 0 spiro atoms. The van der Waals surface area contributed by atoms with Crippen LogP contribution in [-0.4, -0.2) is 4.57 Å². The Morgan fingerprint density at radius 2 is 1.07 bits per heavy atom. The Labute approximate surface area is 349 Å². The zero-order chi connectivity index (χ0) is 39.3. The fraction of sp³-hybridized carbons (Fsp3) is 0. The van der Waals surface area contributed by atoms with E-state index in [9.17, 15) is 0 Å². The van der Waals surface area contributed by atoms with E-state index in [1.54, 1.807) is 0 Å². The molecule has 0 aliphatic heterocycles. The summed E-state index contributed by atoms with van der Waals surface area (Å²) in [5.41, 5.74) is 11.0. The Morgan fingerprint density at radius 1 is 0.400 bits per heavy atom. The number of hydrogen-bond donors (Lipinski definition) is 0. The van der Waals surface area contributed by atoms with Crippen LogP contribution >= 0.6 is 11.3 Å². The summed E-state index contributed by atoms with van der Waals surface area (Å²) in [6, 6.07) is 75.2. The molecule has 0 aliphatic carbocycles. The monoisotopic (exact) mass is 782 g/mol. The first-order valence-electron chi connectivity index (χ1n) is 20.4. The van der Waals surface area contributed by atoms with Crippen LogP contribution in [0.3, 0.4) is 0 Å². The highest BCUT2D eigenvalue weighted by atomic mass is 32.1. The molecule has 0 saturated heterocycles. The van der Waals surface area contributed by atoms with E-state index in [2.05, 4.69) is 204 Å². The summed E-state index contributed by atoms with van der Waals surface area (Å²) in [5, 5.41) is 12.2. The van der Waals surface area contributed by atoms with E-state index in [4.69, 9.17) is 4.42 Å². The van der Waals surface area contributed by atoms with Crippen LogP contribution in [0.5, 0.6) is 0 Å². The zero-order valence-electron chi connectivity index (χ0n) is 32.3. The van der Waals surface area contributed by atoms with Crippen molar-refractivity contribution in [1.29, 1.82) is 0 Å². The molecule has 13 aromatic rings. The van der Waals surface area contributed by atoms with Crippen LogP contribution in [-0.2, 0) is 0 Å². The molecule has 4 heteroatoms. The number of aromatic nitrogens is 1. The summed E-state index contributed by atoms with van der Waals surface area (Å²) in [4.78, 5) is 2.39. The van der Waals surface area contributed by atoms with Crippen molar-refractivity contribution in [2.45, 2.75) is 0 Å². The molecule has 0 unspecified atom stereocenters. The number of furan rings is 1. The maximum atomic E-state index is 6.27. The lowest BCUT2D eigenvalue weighted by molar-refractivity contribution is 0.669. The smallest absolute Gasteiger partial charge is 0.135 e. The minimum atomic E-state index is 0.886. The highest BCUT2D eigenvalue weighted by Crippen LogP contribution is 2.46. The van der Waals surface area contributed by atoms with Gasteiger partial charge >= 0.3 is 0 Å². The van der Waals surface area contributed by atoms with Gasteiger partial charge in [-0.1, -0.05) is 127 Å².